The Morgan fingerprint density at radius 2 is 2.07 bits per heavy atom. The molecular formula is C11H14Br2O2. The van der Waals surface area contributed by atoms with Gasteiger partial charge in [-0.1, -0.05) is 15.9 Å². The first kappa shape index (κ1) is 12.8. The molecule has 0 unspecified atom stereocenters. The zero-order valence-electron chi connectivity index (χ0n) is 8.63. The zero-order valence-corrected chi connectivity index (χ0v) is 11.8. The molecule has 0 amide bonds. The molecule has 0 fully saturated rings. The van der Waals surface area contributed by atoms with Crippen LogP contribution in [-0.2, 0) is 0 Å². The Labute approximate surface area is 107 Å². The van der Waals surface area contributed by atoms with Crippen LogP contribution >= 0.6 is 31.9 Å². The lowest BCUT2D eigenvalue weighted by Gasteiger charge is -2.08. The van der Waals surface area contributed by atoms with Crippen molar-refractivity contribution in [2.75, 3.05) is 19.0 Å². The largest absolute Gasteiger partial charge is 0.497 e. The van der Waals surface area contributed by atoms with Crippen LogP contribution in [0, 0.1) is 0 Å². The predicted molar refractivity (Wildman–Crippen MR) is 69.2 cm³/mol. The van der Waals surface area contributed by atoms with E-state index in [9.17, 15) is 0 Å². The van der Waals surface area contributed by atoms with E-state index >= 15 is 0 Å². The maximum atomic E-state index is 5.62. The van der Waals surface area contributed by atoms with E-state index in [1.54, 1.807) is 7.11 Å². The summed E-state index contributed by atoms with van der Waals surface area (Å²) in [6.45, 7) is 0.747. The van der Waals surface area contributed by atoms with Gasteiger partial charge in [-0.2, -0.15) is 0 Å². The quantitative estimate of drug-likeness (QED) is 0.576. The third-order valence-electron chi connectivity index (χ3n) is 1.92. The van der Waals surface area contributed by atoms with Crippen molar-refractivity contribution >= 4 is 31.9 Å². The van der Waals surface area contributed by atoms with Crippen molar-refractivity contribution in [1.29, 1.82) is 0 Å². The fourth-order valence-corrected chi connectivity index (χ4v) is 1.97. The summed E-state index contributed by atoms with van der Waals surface area (Å²) in [5.41, 5.74) is 0. The molecule has 0 heterocycles. The summed E-state index contributed by atoms with van der Waals surface area (Å²) in [6, 6.07) is 5.71. The van der Waals surface area contributed by atoms with Gasteiger partial charge in [0, 0.05) is 5.33 Å². The highest BCUT2D eigenvalue weighted by Gasteiger charge is 2.02. The fraction of sp³-hybridized carbons (Fsp3) is 0.455. The summed E-state index contributed by atoms with van der Waals surface area (Å²) >= 11 is 6.83. The second kappa shape index (κ2) is 7.12. The number of methoxy groups -OCH3 is 1. The van der Waals surface area contributed by atoms with Crippen molar-refractivity contribution in [2.24, 2.45) is 0 Å². The normalized spacial score (nSPS) is 10.1. The predicted octanol–water partition coefficient (Wildman–Crippen LogP) is 4.01. The molecule has 2 nitrogen and oxygen atoms in total. The van der Waals surface area contributed by atoms with Crippen LogP contribution in [0.1, 0.15) is 12.8 Å². The van der Waals surface area contributed by atoms with Gasteiger partial charge in [0.2, 0.25) is 0 Å². The summed E-state index contributed by atoms with van der Waals surface area (Å²) in [6.07, 6.45) is 2.19. The van der Waals surface area contributed by atoms with E-state index in [1.807, 2.05) is 18.2 Å². The van der Waals surface area contributed by atoms with Gasteiger partial charge in [0.05, 0.1) is 18.2 Å². The molecule has 1 aromatic carbocycles. The van der Waals surface area contributed by atoms with Crippen molar-refractivity contribution < 1.29 is 9.47 Å². The van der Waals surface area contributed by atoms with Gasteiger partial charge in [0.25, 0.3) is 0 Å². The summed E-state index contributed by atoms with van der Waals surface area (Å²) < 4.78 is 11.6. The van der Waals surface area contributed by atoms with Crippen molar-refractivity contribution in [1.82, 2.24) is 0 Å². The summed E-state index contributed by atoms with van der Waals surface area (Å²) in [5, 5.41) is 1.03. The van der Waals surface area contributed by atoms with E-state index in [0.717, 1.165) is 40.8 Å². The monoisotopic (exact) mass is 336 g/mol. The SMILES string of the molecule is COc1ccc(OCCCCBr)c(Br)c1. The molecule has 0 bridgehead atoms. The minimum atomic E-state index is 0.747. The Morgan fingerprint density at radius 1 is 1.27 bits per heavy atom. The summed E-state index contributed by atoms with van der Waals surface area (Å²) in [7, 11) is 1.65. The topological polar surface area (TPSA) is 18.5 Å². The van der Waals surface area contributed by atoms with Crippen LogP contribution in [0.4, 0.5) is 0 Å². The smallest absolute Gasteiger partial charge is 0.133 e. The van der Waals surface area contributed by atoms with Crippen LogP contribution in [0.15, 0.2) is 22.7 Å². The van der Waals surface area contributed by atoms with Crippen LogP contribution < -0.4 is 9.47 Å². The van der Waals surface area contributed by atoms with Gasteiger partial charge in [0.15, 0.2) is 0 Å². The molecule has 4 heteroatoms. The molecule has 0 saturated carbocycles. The lowest BCUT2D eigenvalue weighted by molar-refractivity contribution is 0.307. The average Bonchev–Trinajstić information content (AvgIpc) is 2.26. The van der Waals surface area contributed by atoms with E-state index in [-0.39, 0.29) is 0 Å². The number of unbranched alkanes of at least 4 members (excludes halogenated alkanes) is 1. The number of ether oxygens (including phenoxy) is 2. The third kappa shape index (κ3) is 4.43. The molecular weight excluding hydrogens is 324 g/mol. The van der Waals surface area contributed by atoms with E-state index < -0.39 is 0 Å². The fourth-order valence-electron chi connectivity index (χ4n) is 1.10. The Hall–Kier alpha value is -0.220. The van der Waals surface area contributed by atoms with Gasteiger partial charge >= 0.3 is 0 Å². The molecule has 0 aromatic heterocycles. The number of rotatable bonds is 6. The molecule has 0 aliphatic heterocycles. The second-order valence-electron chi connectivity index (χ2n) is 3.04. The molecule has 15 heavy (non-hydrogen) atoms. The molecule has 0 aliphatic carbocycles. The standard InChI is InChI=1S/C11H14Br2O2/c1-14-9-4-5-11(10(13)8-9)15-7-3-2-6-12/h4-5,8H,2-3,6-7H2,1H3. The first-order chi connectivity index (χ1) is 7.27. The average molecular weight is 338 g/mol. The Balaban J connectivity index is 2.47. The minimum absolute atomic E-state index is 0.747. The molecule has 0 N–H and O–H groups in total. The molecule has 0 spiro atoms. The first-order valence-electron chi connectivity index (χ1n) is 4.80. The van der Waals surface area contributed by atoms with Crippen LogP contribution in [0.2, 0.25) is 0 Å². The van der Waals surface area contributed by atoms with Crippen LogP contribution in [0.3, 0.4) is 0 Å². The maximum Gasteiger partial charge on any atom is 0.133 e. The molecule has 0 radical (unpaired) electrons. The second-order valence-corrected chi connectivity index (χ2v) is 4.69. The highest BCUT2D eigenvalue weighted by Crippen LogP contribution is 2.29. The van der Waals surface area contributed by atoms with Gasteiger partial charge in [-0.25, -0.2) is 0 Å². The molecule has 1 aromatic rings. The summed E-state index contributed by atoms with van der Waals surface area (Å²) in [4.78, 5) is 0. The van der Waals surface area contributed by atoms with E-state index in [0.29, 0.717) is 0 Å². The Bertz CT molecular complexity index is 303. The molecule has 0 aliphatic rings. The lowest BCUT2D eigenvalue weighted by atomic mass is 10.3. The third-order valence-corrected chi connectivity index (χ3v) is 3.11. The van der Waals surface area contributed by atoms with Gasteiger partial charge in [-0.15, -0.1) is 0 Å². The van der Waals surface area contributed by atoms with Crippen LogP contribution in [-0.4, -0.2) is 19.0 Å². The number of hydrogen-bond acceptors (Lipinski definition) is 2. The Kier molecular flexibility index (Phi) is 6.10. The van der Waals surface area contributed by atoms with Gasteiger partial charge in [0.1, 0.15) is 11.5 Å². The van der Waals surface area contributed by atoms with Crippen molar-refractivity contribution in [3.63, 3.8) is 0 Å². The molecule has 0 saturated heterocycles. The summed E-state index contributed by atoms with van der Waals surface area (Å²) in [5.74, 6) is 1.69. The van der Waals surface area contributed by atoms with E-state index in [1.165, 1.54) is 0 Å². The number of halogens is 2. The lowest BCUT2D eigenvalue weighted by Crippen LogP contribution is -1.98. The van der Waals surface area contributed by atoms with E-state index in [2.05, 4.69) is 31.9 Å². The molecule has 84 valence electrons. The molecule has 0 atom stereocenters. The Morgan fingerprint density at radius 3 is 2.67 bits per heavy atom. The highest BCUT2D eigenvalue weighted by atomic mass is 79.9. The van der Waals surface area contributed by atoms with E-state index in [4.69, 9.17) is 9.47 Å². The first-order valence-corrected chi connectivity index (χ1v) is 6.71. The highest BCUT2D eigenvalue weighted by molar-refractivity contribution is 9.10. The van der Waals surface area contributed by atoms with Gasteiger partial charge in [-0.3, -0.25) is 0 Å². The van der Waals surface area contributed by atoms with Crippen molar-refractivity contribution in [3.8, 4) is 11.5 Å². The van der Waals surface area contributed by atoms with Crippen LogP contribution in [0.5, 0.6) is 11.5 Å². The number of hydrogen-bond donors (Lipinski definition) is 0. The zero-order chi connectivity index (χ0) is 11.1. The molecule has 1 rings (SSSR count). The maximum absolute atomic E-state index is 5.62. The van der Waals surface area contributed by atoms with Crippen molar-refractivity contribution in [3.05, 3.63) is 22.7 Å². The number of benzene rings is 1. The number of alkyl halides is 1. The van der Waals surface area contributed by atoms with Gasteiger partial charge in [-0.05, 0) is 47.0 Å². The van der Waals surface area contributed by atoms with Crippen molar-refractivity contribution in [2.45, 2.75) is 12.8 Å². The minimum Gasteiger partial charge on any atom is -0.497 e. The van der Waals surface area contributed by atoms with Gasteiger partial charge < -0.3 is 9.47 Å². The van der Waals surface area contributed by atoms with Crippen LogP contribution in [0.25, 0.3) is 0 Å².